The van der Waals surface area contributed by atoms with Crippen molar-refractivity contribution >= 4 is 23.0 Å². The van der Waals surface area contributed by atoms with Crippen LogP contribution in [0.2, 0.25) is 0 Å². The molecule has 2 aromatic rings. The minimum atomic E-state index is -0.418. The van der Waals surface area contributed by atoms with E-state index in [2.05, 4.69) is 0 Å². The second-order valence-electron chi connectivity index (χ2n) is 3.89. The third-order valence-corrected chi connectivity index (χ3v) is 3.05. The summed E-state index contributed by atoms with van der Waals surface area (Å²) in [6.07, 6.45) is 0. The fourth-order valence-electron chi connectivity index (χ4n) is 1.89. The number of hydrogen-bond acceptors (Lipinski definition) is 1. The minimum Gasteiger partial charge on any atom is -0.340 e. The van der Waals surface area contributed by atoms with Crippen LogP contribution in [0.3, 0.4) is 0 Å². The average Bonchev–Trinajstić information content (AvgIpc) is 2.38. The molecule has 0 spiro atoms. The Morgan fingerprint density at radius 2 is 1.67 bits per heavy atom. The van der Waals surface area contributed by atoms with Crippen molar-refractivity contribution in [3.8, 4) is 0 Å². The van der Waals surface area contributed by atoms with Gasteiger partial charge < -0.3 is 4.90 Å². The Kier molecular flexibility index (Phi) is 3.82. The highest BCUT2D eigenvalue weighted by atomic mass is 35.5. The summed E-state index contributed by atoms with van der Waals surface area (Å²) in [7, 11) is 1.62. The first-order chi connectivity index (χ1) is 8.65. The summed E-state index contributed by atoms with van der Waals surface area (Å²) in [6.45, 7) is 0. The van der Waals surface area contributed by atoms with E-state index in [4.69, 9.17) is 11.6 Å². The predicted molar refractivity (Wildman–Crippen MR) is 70.4 cm³/mol. The first-order valence-electron chi connectivity index (χ1n) is 5.46. The Labute approximate surface area is 110 Å². The lowest BCUT2D eigenvalue weighted by Gasteiger charge is -2.23. The monoisotopic (exact) mass is 267 g/mol. The van der Waals surface area contributed by atoms with Gasteiger partial charge in [0, 0.05) is 12.9 Å². The lowest BCUT2D eigenvalue weighted by Crippen LogP contribution is -2.14. The molecule has 0 bridgehead atoms. The highest BCUT2D eigenvalue weighted by molar-refractivity contribution is 6.17. The molecule has 0 N–H and O–H groups in total. The van der Waals surface area contributed by atoms with Crippen molar-refractivity contribution in [3.63, 3.8) is 0 Å². The summed E-state index contributed by atoms with van der Waals surface area (Å²) in [4.78, 5) is 1.47. The van der Waals surface area contributed by atoms with Gasteiger partial charge in [0.1, 0.15) is 11.6 Å². The van der Waals surface area contributed by atoms with Gasteiger partial charge in [0.25, 0.3) is 0 Å². The lowest BCUT2D eigenvalue weighted by molar-refractivity contribution is 0.616. The van der Waals surface area contributed by atoms with Crippen LogP contribution < -0.4 is 4.90 Å². The van der Waals surface area contributed by atoms with E-state index in [0.717, 1.165) is 0 Å². The first kappa shape index (κ1) is 12.8. The smallest absolute Gasteiger partial charge is 0.147 e. The molecule has 0 aliphatic carbocycles. The number of rotatable bonds is 3. The Balaban J connectivity index is 2.52. The van der Waals surface area contributed by atoms with Crippen LogP contribution in [-0.4, -0.2) is 7.05 Å². The molecule has 0 amide bonds. The molecule has 0 unspecified atom stereocenters. The third kappa shape index (κ3) is 2.31. The molecule has 0 radical (unpaired) electrons. The van der Waals surface area contributed by atoms with Crippen molar-refractivity contribution in [3.05, 3.63) is 59.7 Å². The van der Waals surface area contributed by atoms with Crippen molar-refractivity contribution in [1.29, 1.82) is 0 Å². The van der Waals surface area contributed by atoms with Crippen LogP contribution in [0.25, 0.3) is 0 Å². The molecule has 1 nitrogen and oxygen atoms in total. The summed E-state index contributed by atoms with van der Waals surface area (Å²) >= 11 is 5.79. The topological polar surface area (TPSA) is 3.24 Å². The Bertz CT molecular complexity index is 557. The third-order valence-electron chi connectivity index (χ3n) is 2.76. The van der Waals surface area contributed by atoms with Crippen LogP contribution >= 0.6 is 11.6 Å². The van der Waals surface area contributed by atoms with Gasteiger partial charge in [-0.2, -0.15) is 0 Å². The SMILES string of the molecule is CN(c1ccccc1F)c1c(F)cccc1CCl. The number of hydrogen-bond donors (Lipinski definition) is 0. The summed E-state index contributed by atoms with van der Waals surface area (Å²) in [5, 5.41) is 0. The quantitative estimate of drug-likeness (QED) is 0.742. The molecule has 0 heterocycles. The van der Waals surface area contributed by atoms with E-state index >= 15 is 0 Å². The Morgan fingerprint density at radius 3 is 2.33 bits per heavy atom. The lowest BCUT2D eigenvalue weighted by atomic mass is 10.1. The molecule has 18 heavy (non-hydrogen) atoms. The summed E-state index contributed by atoms with van der Waals surface area (Å²) < 4.78 is 27.6. The molecule has 0 atom stereocenters. The van der Waals surface area contributed by atoms with Crippen LogP contribution in [0.4, 0.5) is 20.2 Å². The van der Waals surface area contributed by atoms with E-state index in [1.807, 2.05) is 0 Å². The zero-order valence-electron chi connectivity index (χ0n) is 9.83. The van der Waals surface area contributed by atoms with Crippen LogP contribution in [0.5, 0.6) is 0 Å². The largest absolute Gasteiger partial charge is 0.340 e. The van der Waals surface area contributed by atoms with Crippen LogP contribution in [0.1, 0.15) is 5.56 Å². The molecule has 0 aliphatic rings. The zero-order chi connectivity index (χ0) is 13.1. The highest BCUT2D eigenvalue weighted by Crippen LogP contribution is 2.32. The van der Waals surface area contributed by atoms with Gasteiger partial charge >= 0.3 is 0 Å². The van der Waals surface area contributed by atoms with E-state index in [1.54, 1.807) is 37.4 Å². The van der Waals surface area contributed by atoms with Gasteiger partial charge in [-0.1, -0.05) is 24.3 Å². The second-order valence-corrected chi connectivity index (χ2v) is 4.16. The Morgan fingerprint density at radius 1 is 1.00 bits per heavy atom. The standard InChI is InChI=1S/C14H12ClF2N/c1-18(13-8-3-2-6-11(13)16)14-10(9-15)5-4-7-12(14)17/h2-8H,9H2,1H3. The van der Waals surface area contributed by atoms with E-state index in [-0.39, 0.29) is 5.88 Å². The summed E-state index contributed by atoms with van der Waals surface area (Å²) in [5.41, 5.74) is 1.24. The Hall–Kier alpha value is -1.61. The van der Waals surface area contributed by atoms with Gasteiger partial charge in [0.15, 0.2) is 0 Å². The maximum atomic E-state index is 13.9. The fraction of sp³-hybridized carbons (Fsp3) is 0.143. The van der Waals surface area contributed by atoms with Gasteiger partial charge in [0.05, 0.1) is 11.4 Å². The zero-order valence-corrected chi connectivity index (χ0v) is 10.6. The molecule has 0 saturated heterocycles. The molecule has 4 heteroatoms. The second kappa shape index (κ2) is 5.36. The van der Waals surface area contributed by atoms with Crippen LogP contribution in [0.15, 0.2) is 42.5 Å². The first-order valence-corrected chi connectivity index (χ1v) is 6.00. The van der Waals surface area contributed by atoms with E-state index in [1.165, 1.54) is 17.0 Å². The van der Waals surface area contributed by atoms with Crippen molar-refractivity contribution < 1.29 is 8.78 Å². The molecule has 0 fully saturated rings. The van der Waals surface area contributed by atoms with Gasteiger partial charge in [-0.25, -0.2) is 8.78 Å². The maximum Gasteiger partial charge on any atom is 0.147 e. The predicted octanol–water partition coefficient (Wildman–Crippen LogP) is 4.47. The summed E-state index contributed by atoms with van der Waals surface area (Å²) in [5.74, 6) is -0.644. The van der Waals surface area contributed by atoms with Gasteiger partial charge in [0.2, 0.25) is 0 Å². The summed E-state index contributed by atoms with van der Waals surface area (Å²) in [6, 6.07) is 10.9. The molecule has 0 saturated carbocycles. The number of anilines is 2. The maximum absolute atomic E-state index is 13.9. The van der Waals surface area contributed by atoms with Crippen molar-refractivity contribution in [1.82, 2.24) is 0 Å². The van der Waals surface area contributed by atoms with Crippen molar-refractivity contribution in [2.24, 2.45) is 0 Å². The fourth-order valence-corrected chi connectivity index (χ4v) is 2.10. The van der Waals surface area contributed by atoms with Crippen molar-refractivity contribution in [2.75, 3.05) is 11.9 Å². The number of alkyl halides is 1. The molecule has 2 aromatic carbocycles. The molecule has 0 aromatic heterocycles. The molecule has 0 aliphatic heterocycles. The number of nitrogens with zero attached hydrogens (tertiary/aromatic N) is 1. The van der Waals surface area contributed by atoms with E-state index in [9.17, 15) is 8.78 Å². The van der Waals surface area contributed by atoms with Gasteiger partial charge in [-0.05, 0) is 23.8 Å². The normalized spacial score (nSPS) is 10.4. The molecule has 2 rings (SSSR count). The average molecular weight is 268 g/mol. The van der Waals surface area contributed by atoms with E-state index < -0.39 is 11.6 Å². The van der Waals surface area contributed by atoms with Crippen LogP contribution in [0, 0.1) is 11.6 Å². The van der Waals surface area contributed by atoms with E-state index in [0.29, 0.717) is 16.9 Å². The van der Waals surface area contributed by atoms with Gasteiger partial charge in [-0.15, -0.1) is 11.6 Å². The van der Waals surface area contributed by atoms with Crippen LogP contribution in [-0.2, 0) is 5.88 Å². The van der Waals surface area contributed by atoms with Crippen molar-refractivity contribution in [2.45, 2.75) is 5.88 Å². The number of para-hydroxylation sites is 2. The molecule has 94 valence electrons. The highest BCUT2D eigenvalue weighted by Gasteiger charge is 2.16. The van der Waals surface area contributed by atoms with Gasteiger partial charge in [-0.3, -0.25) is 0 Å². The molecular weight excluding hydrogens is 256 g/mol. The number of halogens is 3. The minimum absolute atomic E-state index is 0.173. The number of benzene rings is 2. The molecular formula is C14H12ClF2N.